The van der Waals surface area contributed by atoms with Gasteiger partial charge in [-0.05, 0) is 49.4 Å². The summed E-state index contributed by atoms with van der Waals surface area (Å²) in [5, 5.41) is 0.256. The van der Waals surface area contributed by atoms with Crippen LogP contribution in [-0.4, -0.2) is 62.3 Å². The van der Waals surface area contributed by atoms with Gasteiger partial charge in [-0.2, -0.15) is 4.98 Å². The predicted molar refractivity (Wildman–Crippen MR) is 162 cm³/mol. The third kappa shape index (κ3) is 5.00. The molecule has 0 spiro atoms. The van der Waals surface area contributed by atoms with E-state index >= 15 is 8.78 Å². The Morgan fingerprint density at radius 2 is 1.95 bits per heavy atom. The highest BCUT2D eigenvalue weighted by Crippen LogP contribution is 2.37. The van der Waals surface area contributed by atoms with Crippen LogP contribution in [0.1, 0.15) is 32.4 Å². The number of benzene rings is 1. The van der Waals surface area contributed by atoms with Crippen molar-refractivity contribution in [1.82, 2.24) is 24.4 Å². The van der Waals surface area contributed by atoms with Crippen molar-refractivity contribution in [3.8, 4) is 16.9 Å². The highest BCUT2D eigenvalue weighted by Gasteiger charge is 2.31. The van der Waals surface area contributed by atoms with Crippen LogP contribution in [0.5, 0.6) is 0 Å². The number of hydrogen-bond donors (Lipinski definition) is 1. The zero-order valence-corrected chi connectivity index (χ0v) is 24.6. The zero-order chi connectivity index (χ0) is 30.3. The van der Waals surface area contributed by atoms with Crippen molar-refractivity contribution in [3.63, 3.8) is 0 Å². The smallest absolute Gasteiger partial charge is 0.355 e. The highest BCUT2D eigenvalue weighted by molar-refractivity contribution is 7.98. The lowest BCUT2D eigenvalue weighted by Crippen LogP contribution is -2.54. The average molecular weight is 592 g/mol. The predicted octanol–water partition coefficient (Wildman–Crippen LogP) is 4.77. The van der Waals surface area contributed by atoms with Crippen molar-refractivity contribution in [2.24, 2.45) is 0 Å². The van der Waals surface area contributed by atoms with E-state index in [0.29, 0.717) is 31.0 Å². The number of fused-ring (bicyclic) bond motifs is 1. The zero-order valence-electron chi connectivity index (χ0n) is 23.8. The number of anilines is 2. The summed E-state index contributed by atoms with van der Waals surface area (Å²) in [5.74, 6) is -1.61. The average Bonchev–Trinajstić information content (AvgIpc) is 2.96. The molecule has 3 aromatic heterocycles. The van der Waals surface area contributed by atoms with Gasteiger partial charge in [-0.1, -0.05) is 26.5 Å². The molecule has 1 aliphatic rings. The Labute approximate surface area is 246 Å². The van der Waals surface area contributed by atoms with E-state index < -0.39 is 17.3 Å². The van der Waals surface area contributed by atoms with Crippen molar-refractivity contribution < 1.29 is 13.6 Å². The fourth-order valence-electron chi connectivity index (χ4n) is 5.36. The molecule has 1 saturated heterocycles. The number of halogens is 2. The first kappa shape index (κ1) is 29.2. The molecule has 9 nitrogen and oxygen atoms in total. The molecule has 1 aromatic carbocycles. The molecule has 1 aliphatic heterocycles. The number of nitrogens with zero attached hydrogens (tertiary/aromatic N) is 6. The van der Waals surface area contributed by atoms with E-state index in [4.69, 9.17) is 5.73 Å². The number of piperazine rings is 1. The monoisotopic (exact) mass is 591 g/mol. The molecular formula is C30H31F2N7O2S. The summed E-state index contributed by atoms with van der Waals surface area (Å²) in [4.78, 5) is 44.2. The molecular weight excluding hydrogens is 560 g/mol. The molecule has 1 amide bonds. The van der Waals surface area contributed by atoms with Crippen LogP contribution < -0.4 is 16.3 Å². The Hall–Kier alpha value is -4.32. The van der Waals surface area contributed by atoms with E-state index in [1.54, 1.807) is 17.2 Å². The van der Waals surface area contributed by atoms with Gasteiger partial charge in [0.15, 0.2) is 11.5 Å². The summed E-state index contributed by atoms with van der Waals surface area (Å²) < 4.78 is 32.3. The van der Waals surface area contributed by atoms with Crippen molar-refractivity contribution in [1.29, 1.82) is 0 Å². The Bertz CT molecular complexity index is 1760. The fraction of sp³-hybridized carbons (Fsp3) is 0.300. The van der Waals surface area contributed by atoms with Gasteiger partial charge in [0.05, 0.1) is 22.3 Å². The minimum Gasteiger partial charge on any atom is -0.398 e. The minimum absolute atomic E-state index is 0.00889. The maximum Gasteiger partial charge on any atom is 0.355 e. The molecule has 42 heavy (non-hydrogen) atoms. The number of nitrogens with two attached hydrogens (primary N) is 1. The number of carbonyl (C=O) groups is 1. The van der Waals surface area contributed by atoms with Gasteiger partial charge in [-0.3, -0.25) is 9.78 Å². The fourth-order valence-corrected chi connectivity index (χ4v) is 5.94. The highest BCUT2D eigenvalue weighted by atomic mass is 32.2. The third-order valence-electron chi connectivity index (χ3n) is 7.38. The lowest BCUT2D eigenvalue weighted by molar-refractivity contribution is -0.126. The van der Waals surface area contributed by atoms with E-state index in [2.05, 4.69) is 21.5 Å². The number of aromatic nitrogens is 4. The van der Waals surface area contributed by atoms with Gasteiger partial charge in [0.1, 0.15) is 17.3 Å². The molecule has 4 aromatic rings. The second-order valence-corrected chi connectivity index (χ2v) is 11.2. The van der Waals surface area contributed by atoms with E-state index in [-0.39, 0.29) is 51.7 Å². The van der Waals surface area contributed by atoms with Gasteiger partial charge in [0, 0.05) is 42.5 Å². The molecule has 0 radical (unpaired) electrons. The number of rotatable bonds is 6. The Morgan fingerprint density at radius 3 is 2.60 bits per heavy atom. The number of amides is 1. The summed E-state index contributed by atoms with van der Waals surface area (Å²) in [6, 6.07) is 6.82. The topological polar surface area (TPSA) is 110 Å². The largest absolute Gasteiger partial charge is 0.398 e. The van der Waals surface area contributed by atoms with Crippen molar-refractivity contribution in [2.75, 3.05) is 36.5 Å². The molecule has 12 heteroatoms. The van der Waals surface area contributed by atoms with Crippen molar-refractivity contribution in [3.05, 3.63) is 77.0 Å². The molecule has 0 bridgehead atoms. The molecule has 2 N–H and O–H groups in total. The van der Waals surface area contributed by atoms with E-state index in [9.17, 15) is 9.59 Å². The van der Waals surface area contributed by atoms with Gasteiger partial charge in [-0.15, -0.1) is 11.8 Å². The van der Waals surface area contributed by atoms with Crippen LogP contribution >= 0.6 is 11.8 Å². The summed E-state index contributed by atoms with van der Waals surface area (Å²) in [7, 11) is 0. The molecule has 1 unspecified atom stereocenters. The van der Waals surface area contributed by atoms with Gasteiger partial charge >= 0.3 is 5.69 Å². The second kappa shape index (κ2) is 11.5. The third-order valence-corrected chi connectivity index (χ3v) is 8.15. The van der Waals surface area contributed by atoms with Crippen LogP contribution in [0.2, 0.25) is 0 Å². The summed E-state index contributed by atoms with van der Waals surface area (Å²) in [6.07, 6.45) is 4.81. The lowest BCUT2D eigenvalue weighted by Gasteiger charge is -2.40. The van der Waals surface area contributed by atoms with Crippen LogP contribution in [0.25, 0.3) is 28.0 Å². The van der Waals surface area contributed by atoms with Crippen molar-refractivity contribution >= 4 is 40.2 Å². The van der Waals surface area contributed by atoms with Crippen LogP contribution in [0.4, 0.5) is 20.3 Å². The number of carbonyl (C=O) groups excluding carboxylic acids is 1. The van der Waals surface area contributed by atoms with Gasteiger partial charge in [0.2, 0.25) is 5.91 Å². The number of nitrogen functional groups attached to an aromatic ring is 1. The summed E-state index contributed by atoms with van der Waals surface area (Å²) in [5.41, 5.74) is 6.12. The summed E-state index contributed by atoms with van der Waals surface area (Å²) >= 11 is 1.42. The first-order valence-electron chi connectivity index (χ1n) is 13.5. The normalized spacial score (nSPS) is 15.5. The Balaban J connectivity index is 1.85. The summed E-state index contributed by atoms with van der Waals surface area (Å²) in [6.45, 7) is 10.4. The van der Waals surface area contributed by atoms with E-state index in [1.165, 1.54) is 46.7 Å². The molecule has 5 rings (SSSR count). The van der Waals surface area contributed by atoms with Crippen LogP contribution in [0.15, 0.2) is 58.9 Å². The molecule has 0 aliphatic carbocycles. The first-order valence-corrected chi connectivity index (χ1v) is 14.7. The number of thioether (sulfide) groups is 1. The first-order chi connectivity index (χ1) is 20.1. The van der Waals surface area contributed by atoms with Crippen LogP contribution in [0.3, 0.4) is 0 Å². The Kier molecular flexibility index (Phi) is 8.00. The van der Waals surface area contributed by atoms with Gasteiger partial charge in [0.25, 0.3) is 0 Å². The van der Waals surface area contributed by atoms with Crippen LogP contribution in [0, 0.1) is 11.6 Å². The van der Waals surface area contributed by atoms with Crippen molar-refractivity contribution in [2.45, 2.75) is 37.6 Å². The SMILES string of the molecule is C=CC(=O)N1CCN(c2nc(=O)n(-c3c(SC)ccnc3C(C)C)c3nc(-c4c(N)cccc4F)c(F)cc23)C(C)C1. The molecule has 1 fully saturated rings. The minimum atomic E-state index is -0.818. The maximum absolute atomic E-state index is 15.9. The molecule has 4 heterocycles. The number of hydrogen-bond acceptors (Lipinski definition) is 8. The molecule has 1 atom stereocenters. The standard InChI is InChI=1S/C30H31F2N7O2S/c1-6-23(40)37-12-13-38(17(4)15-37)28-18-14-20(32)26(24-19(31)8-7-9-21(24)33)35-29(18)39(30(41)36-28)27-22(42-5)10-11-34-25(27)16(2)3/h6-11,14,16-17H,1,12-13,15,33H2,2-5H3. The van der Waals surface area contributed by atoms with Gasteiger partial charge < -0.3 is 15.5 Å². The Morgan fingerprint density at radius 1 is 1.19 bits per heavy atom. The second-order valence-electron chi connectivity index (χ2n) is 10.4. The maximum atomic E-state index is 15.9. The van der Waals surface area contributed by atoms with E-state index in [1.807, 2.05) is 31.9 Å². The molecule has 218 valence electrons. The van der Waals surface area contributed by atoms with E-state index in [0.717, 1.165) is 4.90 Å². The number of pyridine rings is 2. The lowest BCUT2D eigenvalue weighted by atomic mass is 10.1. The van der Waals surface area contributed by atoms with Crippen LogP contribution in [-0.2, 0) is 4.79 Å². The quantitative estimate of drug-likeness (QED) is 0.194. The molecule has 0 saturated carbocycles. The van der Waals surface area contributed by atoms with Gasteiger partial charge in [-0.25, -0.2) is 23.1 Å².